The molecule has 0 radical (unpaired) electrons. The average molecular weight is 361 g/mol. The van der Waals surface area contributed by atoms with Crippen LogP contribution in [0.25, 0.3) is 0 Å². The van der Waals surface area contributed by atoms with Gasteiger partial charge in [0.25, 0.3) is 0 Å². The highest BCUT2D eigenvalue weighted by Gasteiger charge is 2.15. The summed E-state index contributed by atoms with van der Waals surface area (Å²) in [5.41, 5.74) is 0. The molecule has 0 saturated heterocycles. The fraction of sp³-hybridized carbons (Fsp3) is 0.950. The van der Waals surface area contributed by atoms with Crippen LogP contribution in [0.2, 0.25) is 0 Å². The summed E-state index contributed by atoms with van der Waals surface area (Å²) in [5, 5.41) is 28.7. The second kappa shape index (κ2) is 16.8. The zero-order valence-electron chi connectivity index (χ0n) is 16.3. The lowest BCUT2D eigenvalue weighted by Crippen LogP contribution is -2.25. The summed E-state index contributed by atoms with van der Waals surface area (Å²) in [6.07, 6.45) is 9.79. The molecule has 3 unspecified atom stereocenters. The summed E-state index contributed by atoms with van der Waals surface area (Å²) < 4.78 is 5.07. The van der Waals surface area contributed by atoms with Gasteiger partial charge in [-0.1, -0.05) is 65.2 Å². The molecular formula is C20H40O5. The van der Waals surface area contributed by atoms with Crippen molar-refractivity contribution in [2.45, 2.75) is 103 Å². The van der Waals surface area contributed by atoms with Crippen LogP contribution in [0, 0.1) is 5.92 Å². The Kier molecular flexibility index (Phi) is 16.4. The van der Waals surface area contributed by atoms with Gasteiger partial charge in [0, 0.05) is 18.9 Å². The third-order valence-corrected chi connectivity index (χ3v) is 4.52. The van der Waals surface area contributed by atoms with Gasteiger partial charge < -0.3 is 20.1 Å². The monoisotopic (exact) mass is 360 g/mol. The molecule has 0 spiro atoms. The number of unbranched alkanes of at least 4 members (excludes halogenated alkanes) is 7. The van der Waals surface area contributed by atoms with Crippen molar-refractivity contribution in [1.29, 1.82) is 0 Å². The number of aliphatic hydroxyl groups excluding tert-OH is 3. The Morgan fingerprint density at radius 2 is 1.40 bits per heavy atom. The Hall–Kier alpha value is -0.650. The molecule has 25 heavy (non-hydrogen) atoms. The molecule has 5 nitrogen and oxygen atoms in total. The summed E-state index contributed by atoms with van der Waals surface area (Å²) in [7, 11) is 0. The number of carbonyl (C=O) groups excluding carboxylic acids is 1. The van der Waals surface area contributed by atoms with Crippen molar-refractivity contribution >= 4 is 5.97 Å². The van der Waals surface area contributed by atoms with Crippen molar-refractivity contribution < 1.29 is 24.9 Å². The lowest BCUT2D eigenvalue weighted by Gasteiger charge is -2.17. The molecule has 0 aromatic heterocycles. The van der Waals surface area contributed by atoms with Crippen LogP contribution in [-0.2, 0) is 9.53 Å². The first-order valence-corrected chi connectivity index (χ1v) is 10.1. The van der Waals surface area contributed by atoms with Gasteiger partial charge in [-0.05, 0) is 19.3 Å². The number of aliphatic hydroxyl groups is 3. The van der Waals surface area contributed by atoms with Gasteiger partial charge in [-0.2, -0.15) is 0 Å². The fourth-order valence-corrected chi connectivity index (χ4v) is 2.68. The second-order valence-corrected chi connectivity index (χ2v) is 7.26. The zero-order valence-corrected chi connectivity index (χ0v) is 16.3. The second-order valence-electron chi connectivity index (χ2n) is 7.26. The maximum absolute atomic E-state index is 11.5. The van der Waals surface area contributed by atoms with Crippen LogP contribution in [0.5, 0.6) is 0 Å². The first-order valence-electron chi connectivity index (χ1n) is 10.1. The summed E-state index contributed by atoms with van der Waals surface area (Å²) in [4.78, 5) is 11.5. The van der Waals surface area contributed by atoms with Crippen molar-refractivity contribution in [3.05, 3.63) is 0 Å². The number of rotatable bonds is 17. The summed E-state index contributed by atoms with van der Waals surface area (Å²) in [5.74, 6) is -0.195. The SMILES string of the molecule is CCCCCCC(O)C(O)CCCCCCCC(=O)OCC(C)CO. The maximum Gasteiger partial charge on any atom is 0.305 e. The Bertz CT molecular complexity index is 308. The van der Waals surface area contributed by atoms with E-state index < -0.39 is 12.2 Å². The van der Waals surface area contributed by atoms with Crippen molar-refractivity contribution in [3.8, 4) is 0 Å². The molecule has 3 atom stereocenters. The molecule has 3 N–H and O–H groups in total. The van der Waals surface area contributed by atoms with E-state index in [2.05, 4.69) is 6.92 Å². The predicted octanol–water partition coefficient (Wildman–Crippen LogP) is 3.58. The zero-order chi connectivity index (χ0) is 18.9. The molecule has 150 valence electrons. The van der Waals surface area contributed by atoms with Crippen molar-refractivity contribution in [1.82, 2.24) is 0 Å². The molecule has 0 bridgehead atoms. The van der Waals surface area contributed by atoms with E-state index in [1.165, 1.54) is 12.8 Å². The quantitative estimate of drug-likeness (QED) is 0.273. The fourth-order valence-electron chi connectivity index (χ4n) is 2.68. The number of hydrogen-bond donors (Lipinski definition) is 3. The summed E-state index contributed by atoms with van der Waals surface area (Å²) in [6, 6.07) is 0. The van der Waals surface area contributed by atoms with E-state index in [-0.39, 0.29) is 25.1 Å². The predicted molar refractivity (Wildman–Crippen MR) is 100 cm³/mol. The molecule has 0 saturated carbocycles. The van der Waals surface area contributed by atoms with Crippen LogP contribution in [-0.4, -0.2) is 46.7 Å². The number of esters is 1. The smallest absolute Gasteiger partial charge is 0.305 e. The van der Waals surface area contributed by atoms with Crippen molar-refractivity contribution in [3.63, 3.8) is 0 Å². The Labute approximate surface area is 153 Å². The molecule has 0 fully saturated rings. The highest BCUT2D eigenvalue weighted by Crippen LogP contribution is 2.14. The maximum atomic E-state index is 11.5. The first kappa shape index (κ1) is 24.4. The Morgan fingerprint density at radius 1 is 0.880 bits per heavy atom. The summed E-state index contributed by atoms with van der Waals surface area (Å²) in [6.45, 7) is 4.32. The molecule has 0 aliphatic rings. The molecule has 0 amide bonds. The minimum atomic E-state index is -0.606. The van der Waals surface area contributed by atoms with E-state index in [1.807, 2.05) is 6.92 Å². The van der Waals surface area contributed by atoms with Gasteiger partial charge in [0.05, 0.1) is 18.8 Å². The molecule has 0 aliphatic carbocycles. The molecule has 5 heteroatoms. The van der Waals surface area contributed by atoms with Crippen molar-refractivity contribution in [2.75, 3.05) is 13.2 Å². The summed E-state index contributed by atoms with van der Waals surface area (Å²) >= 11 is 0. The highest BCUT2D eigenvalue weighted by molar-refractivity contribution is 5.69. The van der Waals surface area contributed by atoms with Crippen LogP contribution in [0.4, 0.5) is 0 Å². The molecule has 0 aromatic rings. The molecular weight excluding hydrogens is 320 g/mol. The standard InChI is InChI=1S/C20H40O5/c1-3-4-5-9-12-18(22)19(23)13-10-7-6-8-11-14-20(24)25-16-17(2)15-21/h17-19,21-23H,3-16H2,1-2H3. The minimum Gasteiger partial charge on any atom is -0.465 e. The molecule has 0 aliphatic heterocycles. The van der Waals surface area contributed by atoms with Gasteiger partial charge >= 0.3 is 5.97 Å². The Morgan fingerprint density at radius 3 is 1.96 bits per heavy atom. The first-order chi connectivity index (χ1) is 12.0. The highest BCUT2D eigenvalue weighted by atomic mass is 16.5. The topological polar surface area (TPSA) is 87.0 Å². The van der Waals surface area contributed by atoms with Gasteiger partial charge in [-0.3, -0.25) is 4.79 Å². The lowest BCUT2D eigenvalue weighted by molar-refractivity contribution is -0.145. The van der Waals surface area contributed by atoms with E-state index in [9.17, 15) is 15.0 Å². The van der Waals surface area contributed by atoms with Gasteiger partial charge in [0.2, 0.25) is 0 Å². The average Bonchev–Trinajstić information content (AvgIpc) is 2.61. The van der Waals surface area contributed by atoms with Crippen LogP contribution in [0.1, 0.15) is 90.9 Å². The molecule has 0 heterocycles. The molecule has 0 aromatic carbocycles. The van der Waals surface area contributed by atoms with Gasteiger partial charge in [0.1, 0.15) is 0 Å². The van der Waals surface area contributed by atoms with Crippen LogP contribution in [0.15, 0.2) is 0 Å². The van der Waals surface area contributed by atoms with E-state index in [0.29, 0.717) is 19.3 Å². The minimum absolute atomic E-state index is 0.00243. The largest absolute Gasteiger partial charge is 0.465 e. The van der Waals surface area contributed by atoms with E-state index >= 15 is 0 Å². The van der Waals surface area contributed by atoms with Crippen LogP contribution in [0.3, 0.4) is 0 Å². The number of carbonyl (C=O) groups is 1. The van der Waals surface area contributed by atoms with E-state index in [1.54, 1.807) is 0 Å². The normalized spacial score (nSPS) is 14.9. The van der Waals surface area contributed by atoms with E-state index in [4.69, 9.17) is 9.84 Å². The third kappa shape index (κ3) is 15.3. The van der Waals surface area contributed by atoms with Gasteiger partial charge in [-0.25, -0.2) is 0 Å². The van der Waals surface area contributed by atoms with Crippen LogP contribution >= 0.6 is 0 Å². The number of hydrogen-bond acceptors (Lipinski definition) is 5. The Balaban J connectivity index is 3.46. The number of ether oxygens (including phenoxy) is 1. The lowest BCUT2D eigenvalue weighted by atomic mass is 10.00. The van der Waals surface area contributed by atoms with E-state index in [0.717, 1.165) is 44.9 Å². The molecule has 0 rings (SSSR count). The van der Waals surface area contributed by atoms with Gasteiger partial charge in [0.15, 0.2) is 0 Å². The van der Waals surface area contributed by atoms with Crippen molar-refractivity contribution in [2.24, 2.45) is 5.92 Å². The third-order valence-electron chi connectivity index (χ3n) is 4.52. The van der Waals surface area contributed by atoms with Crippen LogP contribution < -0.4 is 0 Å². The van der Waals surface area contributed by atoms with Gasteiger partial charge in [-0.15, -0.1) is 0 Å².